The van der Waals surface area contributed by atoms with Gasteiger partial charge in [-0.3, -0.25) is 0 Å². The van der Waals surface area contributed by atoms with E-state index in [1.807, 2.05) is 24.3 Å². The number of carbonyl (C=O) groups is 1. The fourth-order valence-corrected chi connectivity index (χ4v) is 1.95. The van der Waals surface area contributed by atoms with Crippen molar-refractivity contribution in [3.05, 3.63) is 30.3 Å². The summed E-state index contributed by atoms with van der Waals surface area (Å²) in [6, 6.07) is 9.11. The molecule has 20 heavy (non-hydrogen) atoms. The van der Waals surface area contributed by atoms with Gasteiger partial charge in [0, 0.05) is 16.8 Å². The lowest BCUT2D eigenvalue weighted by Crippen LogP contribution is -2.11. The first-order chi connectivity index (χ1) is 9.71. The molecule has 2 aromatic carbocycles. The van der Waals surface area contributed by atoms with E-state index in [1.165, 1.54) is 7.11 Å². The predicted octanol–water partition coefficient (Wildman–Crippen LogP) is 3.39. The summed E-state index contributed by atoms with van der Waals surface area (Å²) in [6.07, 6.45) is -0.763. The highest BCUT2D eigenvalue weighted by molar-refractivity contribution is 5.96. The molecule has 0 unspecified atom stereocenters. The van der Waals surface area contributed by atoms with Crippen molar-refractivity contribution in [3.63, 3.8) is 0 Å². The number of carbonyl (C=O) groups excluding carboxylic acids is 1. The van der Waals surface area contributed by atoms with Gasteiger partial charge in [0.05, 0.1) is 20.8 Å². The molecule has 5 nitrogen and oxygen atoms in total. The van der Waals surface area contributed by atoms with E-state index >= 15 is 0 Å². The molecule has 5 heteroatoms. The van der Waals surface area contributed by atoms with Gasteiger partial charge in [0.25, 0.3) is 0 Å². The molecule has 0 N–H and O–H groups in total. The molecule has 0 amide bonds. The third-order valence-corrected chi connectivity index (χ3v) is 2.81. The van der Waals surface area contributed by atoms with Crippen LogP contribution in [0.4, 0.5) is 4.79 Å². The highest BCUT2D eigenvalue weighted by Crippen LogP contribution is 2.41. The first kappa shape index (κ1) is 14.0. The average molecular weight is 276 g/mol. The fraction of sp³-hybridized carbons (Fsp3) is 0.267. The van der Waals surface area contributed by atoms with E-state index in [1.54, 1.807) is 20.1 Å². The zero-order chi connectivity index (χ0) is 14.5. The second-order valence-electron chi connectivity index (χ2n) is 3.94. The Kier molecular flexibility index (Phi) is 4.30. The van der Waals surface area contributed by atoms with E-state index in [0.717, 1.165) is 10.8 Å². The average Bonchev–Trinajstić information content (AvgIpc) is 2.47. The van der Waals surface area contributed by atoms with Crippen molar-refractivity contribution in [3.8, 4) is 17.2 Å². The lowest BCUT2D eigenvalue weighted by atomic mass is 10.1. The zero-order valence-electron chi connectivity index (χ0n) is 11.6. The van der Waals surface area contributed by atoms with Gasteiger partial charge in [0.1, 0.15) is 5.75 Å². The third-order valence-electron chi connectivity index (χ3n) is 2.81. The molecule has 0 saturated heterocycles. The van der Waals surface area contributed by atoms with Crippen molar-refractivity contribution in [2.75, 3.05) is 20.8 Å². The van der Waals surface area contributed by atoms with Crippen molar-refractivity contribution >= 4 is 16.9 Å². The molecule has 0 saturated carbocycles. The second-order valence-corrected chi connectivity index (χ2v) is 3.94. The molecule has 0 atom stereocenters. The number of methoxy groups -OCH3 is 2. The second kappa shape index (κ2) is 6.14. The molecule has 106 valence electrons. The molecule has 0 bridgehead atoms. The minimum absolute atomic E-state index is 0.245. The molecule has 0 aliphatic carbocycles. The minimum atomic E-state index is -0.763. The Morgan fingerprint density at radius 1 is 1.05 bits per heavy atom. The molecule has 0 aromatic heterocycles. The third kappa shape index (κ3) is 2.61. The van der Waals surface area contributed by atoms with Crippen LogP contribution in [0.25, 0.3) is 10.8 Å². The Balaban J connectivity index is 2.59. The Morgan fingerprint density at radius 3 is 2.30 bits per heavy atom. The number of rotatable bonds is 4. The number of fused-ring (bicyclic) bond motifs is 1. The SMILES string of the molecule is CCOC(=O)Oc1c(OC)cc(OC)c2ccccc12. The summed E-state index contributed by atoms with van der Waals surface area (Å²) in [5, 5.41) is 1.55. The van der Waals surface area contributed by atoms with Gasteiger partial charge >= 0.3 is 6.16 Å². The van der Waals surface area contributed by atoms with E-state index in [2.05, 4.69) is 0 Å². The van der Waals surface area contributed by atoms with Gasteiger partial charge in [0.15, 0.2) is 11.5 Å². The summed E-state index contributed by atoms with van der Waals surface area (Å²) >= 11 is 0. The Morgan fingerprint density at radius 2 is 1.70 bits per heavy atom. The van der Waals surface area contributed by atoms with Crippen molar-refractivity contribution < 1.29 is 23.7 Å². The van der Waals surface area contributed by atoms with Crippen LogP contribution in [0.1, 0.15) is 6.92 Å². The largest absolute Gasteiger partial charge is 0.513 e. The Hall–Kier alpha value is -2.43. The summed E-state index contributed by atoms with van der Waals surface area (Å²) in [7, 11) is 3.08. The maximum absolute atomic E-state index is 11.5. The number of hydrogen-bond donors (Lipinski definition) is 0. The molecule has 0 spiro atoms. The van der Waals surface area contributed by atoms with Crippen LogP contribution in [-0.2, 0) is 4.74 Å². The zero-order valence-corrected chi connectivity index (χ0v) is 11.6. The fourth-order valence-electron chi connectivity index (χ4n) is 1.95. The van der Waals surface area contributed by atoms with Crippen LogP contribution in [0, 0.1) is 0 Å². The van der Waals surface area contributed by atoms with Gasteiger partial charge in [0.2, 0.25) is 0 Å². The normalized spacial score (nSPS) is 10.2. The first-order valence-corrected chi connectivity index (χ1v) is 6.19. The molecule has 0 aliphatic heterocycles. The number of hydrogen-bond acceptors (Lipinski definition) is 5. The Labute approximate surface area is 117 Å². The van der Waals surface area contributed by atoms with Crippen LogP contribution in [0.3, 0.4) is 0 Å². The molecule has 2 aromatic rings. The molecule has 2 rings (SSSR count). The van der Waals surface area contributed by atoms with E-state index in [0.29, 0.717) is 17.2 Å². The summed E-state index contributed by atoms with van der Waals surface area (Å²) < 4.78 is 20.6. The summed E-state index contributed by atoms with van der Waals surface area (Å²) in [4.78, 5) is 11.5. The molecule has 0 aliphatic rings. The lowest BCUT2D eigenvalue weighted by molar-refractivity contribution is 0.103. The van der Waals surface area contributed by atoms with Gasteiger partial charge in [-0.25, -0.2) is 4.79 Å². The van der Waals surface area contributed by atoms with E-state index in [4.69, 9.17) is 18.9 Å². The quantitative estimate of drug-likeness (QED) is 0.633. The van der Waals surface area contributed by atoms with Crippen LogP contribution in [0.5, 0.6) is 17.2 Å². The minimum Gasteiger partial charge on any atom is -0.496 e. The van der Waals surface area contributed by atoms with Crippen LogP contribution in [0.15, 0.2) is 30.3 Å². The van der Waals surface area contributed by atoms with Crippen LogP contribution < -0.4 is 14.2 Å². The number of ether oxygens (including phenoxy) is 4. The monoisotopic (exact) mass is 276 g/mol. The van der Waals surface area contributed by atoms with Gasteiger partial charge in [-0.2, -0.15) is 0 Å². The Bertz CT molecular complexity index is 621. The van der Waals surface area contributed by atoms with E-state index in [9.17, 15) is 4.79 Å². The molecular weight excluding hydrogens is 260 g/mol. The van der Waals surface area contributed by atoms with Crippen LogP contribution >= 0.6 is 0 Å². The molecule has 0 heterocycles. The topological polar surface area (TPSA) is 54.0 Å². The van der Waals surface area contributed by atoms with Crippen molar-refractivity contribution in [1.82, 2.24) is 0 Å². The van der Waals surface area contributed by atoms with E-state index in [-0.39, 0.29) is 6.61 Å². The smallest absolute Gasteiger partial charge is 0.496 e. The number of benzene rings is 2. The standard InChI is InChI=1S/C15H16O5/c1-4-19-15(16)20-14-11-8-6-5-7-10(11)12(17-2)9-13(14)18-3/h5-9H,4H2,1-3H3. The van der Waals surface area contributed by atoms with Gasteiger partial charge in [-0.15, -0.1) is 0 Å². The highest BCUT2D eigenvalue weighted by Gasteiger charge is 2.17. The predicted molar refractivity (Wildman–Crippen MR) is 74.7 cm³/mol. The molecule has 0 fully saturated rings. The molecule has 0 radical (unpaired) electrons. The van der Waals surface area contributed by atoms with Gasteiger partial charge < -0.3 is 18.9 Å². The van der Waals surface area contributed by atoms with Gasteiger partial charge in [-0.1, -0.05) is 24.3 Å². The van der Waals surface area contributed by atoms with Crippen molar-refractivity contribution in [2.45, 2.75) is 6.92 Å². The van der Waals surface area contributed by atoms with Crippen LogP contribution in [-0.4, -0.2) is 27.0 Å². The van der Waals surface area contributed by atoms with Crippen molar-refractivity contribution in [1.29, 1.82) is 0 Å². The molecular formula is C15H16O5. The summed E-state index contributed by atoms with van der Waals surface area (Å²) in [5.41, 5.74) is 0. The first-order valence-electron chi connectivity index (χ1n) is 6.19. The lowest BCUT2D eigenvalue weighted by Gasteiger charge is -2.14. The summed E-state index contributed by atoms with van der Waals surface area (Å²) in [6.45, 7) is 1.96. The van der Waals surface area contributed by atoms with Crippen LogP contribution in [0.2, 0.25) is 0 Å². The van der Waals surface area contributed by atoms with E-state index < -0.39 is 6.16 Å². The van der Waals surface area contributed by atoms with Crippen molar-refractivity contribution in [2.24, 2.45) is 0 Å². The van der Waals surface area contributed by atoms with Gasteiger partial charge in [-0.05, 0) is 6.92 Å². The highest BCUT2D eigenvalue weighted by atomic mass is 16.7. The summed E-state index contributed by atoms with van der Waals surface area (Å²) in [5.74, 6) is 1.38. The maximum Gasteiger partial charge on any atom is 0.513 e. The maximum atomic E-state index is 11.5.